The van der Waals surface area contributed by atoms with E-state index in [1.807, 2.05) is 37.5 Å². The molecule has 1 aromatic carbocycles. The molecule has 0 spiro atoms. The highest BCUT2D eigenvalue weighted by Crippen LogP contribution is 2.36. The first kappa shape index (κ1) is 29.6. The van der Waals surface area contributed by atoms with E-state index >= 15 is 0 Å². The normalized spacial score (nSPS) is 19.6. The first-order valence-electron chi connectivity index (χ1n) is 13.4. The van der Waals surface area contributed by atoms with E-state index in [2.05, 4.69) is 20.2 Å². The van der Waals surface area contributed by atoms with E-state index in [-0.39, 0.29) is 41.9 Å². The predicted octanol–water partition coefficient (Wildman–Crippen LogP) is 7.11. The van der Waals surface area contributed by atoms with Gasteiger partial charge in [-0.1, -0.05) is 25.4 Å². The summed E-state index contributed by atoms with van der Waals surface area (Å²) in [5.74, 6) is 0.383. The number of hydrogen-bond acceptors (Lipinski definition) is 6. The molecule has 216 valence electrons. The number of hydrogen-bond donors (Lipinski definition) is 1. The predicted molar refractivity (Wildman–Crippen MR) is 147 cm³/mol. The summed E-state index contributed by atoms with van der Waals surface area (Å²) in [5.41, 5.74) is 1.15. The van der Waals surface area contributed by atoms with Gasteiger partial charge in [-0.3, -0.25) is 5.10 Å². The molecule has 0 saturated carbocycles. The fourth-order valence-electron chi connectivity index (χ4n) is 5.28. The number of benzene rings is 1. The maximum Gasteiger partial charge on any atom is 0.416 e. The molecule has 1 amide bonds. The Hall–Kier alpha value is -3.34. The van der Waals surface area contributed by atoms with E-state index in [0.29, 0.717) is 37.2 Å². The minimum atomic E-state index is -4.53. The van der Waals surface area contributed by atoms with Crippen LogP contribution >= 0.6 is 11.6 Å². The summed E-state index contributed by atoms with van der Waals surface area (Å²) >= 11 is 6.12. The van der Waals surface area contributed by atoms with Crippen LogP contribution in [-0.4, -0.2) is 55.4 Å². The summed E-state index contributed by atoms with van der Waals surface area (Å²) in [4.78, 5) is 26.0. The zero-order valence-electron chi connectivity index (χ0n) is 23.0. The number of aromatic nitrogens is 4. The first-order chi connectivity index (χ1) is 19.0. The number of amides is 1. The van der Waals surface area contributed by atoms with Crippen LogP contribution in [0.5, 0.6) is 0 Å². The number of alkyl halides is 3. The van der Waals surface area contributed by atoms with E-state index in [0.717, 1.165) is 23.3 Å². The minimum absolute atomic E-state index is 0.00474. The second-order valence-corrected chi connectivity index (χ2v) is 10.8. The summed E-state index contributed by atoms with van der Waals surface area (Å²) in [6.45, 7) is 7.78. The Kier molecular flexibility index (Phi) is 9.22. The number of ether oxygens (including phenoxy) is 1. The van der Waals surface area contributed by atoms with Crippen LogP contribution < -0.4 is 4.90 Å². The quantitative estimate of drug-likeness (QED) is 0.306. The van der Waals surface area contributed by atoms with Crippen LogP contribution in [0.4, 0.5) is 23.9 Å². The SMILES string of the molecule is CC[C@@H]1C[C@H](N(Cc2cc(Cl)cc(C(F)(F)F)c2)c2ncc(-c3cn[nH]c3)cn2)C[C@H](CC)N1C(=O)OC(C)C. The monoisotopic (exact) mass is 578 g/mol. The lowest BCUT2D eigenvalue weighted by Crippen LogP contribution is -2.57. The molecule has 1 N–H and O–H groups in total. The van der Waals surface area contributed by atoms with Gasteiger partial charge in [0.1, 0.15) is 0 Å². The number of aromatic amines is 1. The molecular formula is C28H34ClF3N6O2. The van der Waals surface area contributed by atoms with Gasteiger partial charge in [0.2, 0.25) is 5.95 Å². The number of carbonyl (C=O) groups excluding carboxylic acids is 1. The molecule has 40 heavy (non-hydrogen) atoms. The Morgan fingerprint density at radius 2 is 1.75 bits per heavy atom. The average Bonchev–Trinajstić information content (AvgIpc) is 3.45. The maximum atomic E-state index is 13.6. The molecule has 0 unspecified atom stereocenters. The van der Waals surface area contributed by atoms with Crippen molar-refractivity contribution in [2.75, 3.05) is 4.90 Å². The number of H-pyrrole nitrogens is 1. The molecule has 0 aliphatic carbocycles. The minimum Gasteiger partial charge on any atom is -0.447 e. The summed E-state index contributed by atoms with van der Waals surface area (Å²) in [6.07, 6.45) is 4.16. The number of nitrogens with one attached hydrogen (secondary N) is 1. The fraction of sp³-hybridized carbons (Fsp3) is 0.500. The molecule has 3 aromatic rings. The molecule has 2 aromatic heterocycles. The van der Waals surface area contributed by atoms with Gasteiger partial charge in [-0.05, 0) is 63.3 Å². The van der Waals surface area contributed by atoms with E-state index in [9.17, 15) is 18.0 Å². The molecule has 12 heteroatoms. The van der Waals surface area contributed by atoms with Crippen molar-refractivity contribution in [2.45, 2.75) is 90.3 Å². The fourth-order valence-corrected chi connectivity index (χ4v) is 5.54. The van der Waals surface area contributed by atoms with E-state index in [4.69, 9.17) is 16.3 Å². The zero-order chi connectivity index (χ0) is 29.0. The van der Waals surface area contributed by atoms with E-state index in [1.54, 1.807) is 24.8 Å². The van der Waals surface area contributed by atoms with Gasteiger partial charge in [-0.15, -0.1) is 0 Å². The Balaban J connectivity index is 1.70. The lowest BCUT2D eigenvalue weighted by atomic mass is 9.87. The molecule has 0 bridgehead atoms. The third-order valence-corrected chi connectivity index (χ3v) is 7.39. The van der Waals surface area contributed by atoms with Gasteiger partial charge >= 0.3 is 12.3 Å². The van der Waals surface area contributed by atoms with E-state index < -0.39 is 11.7 Å². The van der Waals surface area contributed by atoms with Crippen molar-refractivity contribution in [1.29, 1.82) is 0 Å². The lowest BCUT2D eigenvalue weighted by Gasteiger charge is -2.47. The van der Waals surface area contributed by atoms with Crippen LogP contribution in [0.3, 0.4) is 0 Å². The van der Waals surface area contributed by atoms with Crippen LogP contribution in [0.25, 0.3) is 11.1 Å². The molecular weight excluding hydrogens is 545 g/mol. The number of halogens is 4. The molecule has 1 aliphatic heterocycles. The molecule has 1 aliphatic rings. The summed E-state index contributed by atoms with van der Waals surface area (Å²) in [6, 6.07) is 3.19. The topological polar surface area (TPSA) is 87.2 Å². The molecule has 3 atom stereocenters. The second kappa shape index (κ2) is 12.4. The number of carbonyl (C=O) groups is 1. The molecule has 1 saturated heterocycles. The van der Waals surface area contributed by atoms with Crippen LogP contribution in [0.1, 0.15) is 64.5 Å². The highest BCUT2D eigenvalue weighted by atomic mass is 35.5. The van der Waals surface area contributed by atoms with Crippen molar-refractivity contribution in [3.05, 3.63) is 59.1 Å². The largest absolute Gasteiger partial charge is 0.447 e. The first-order valence-corrected chi connectivity index (χ1v) is 13.8. The van der Waals surface area contributed by atoms with Gasteiger partial charge < -0.3 is 14.5 Å². The summed E-state index contributed by atoms with van der Waals surface area (Å²) < 4.78 is 46.3. The van der Waals surface area contributed by atoms with Crippen molar-refractivity contribution in [3.63, 3.8) is 0 Å². The van der Waals surface area contributed by atoms with Crippen molar-refractivity contribution >= 4 is 23.6 Å². The zero-order valence-corrected chi connectivity index (χ0v) is 23.7. The molecule has 1 fully saturated rings. The van der Waals surface area contributed by atoms with Gasteiger partial charge in [-0.2, -0.15) is 18.3 Å². The van der Waals surface area contributed by atoms with E-state index in [1.165, 1.54) is 6.07 Å². The Labute approximate surface area is 236 Å². The number of anilines is 1. The number of piperidine rings is 1. The molecule has 8 nitrogen and oxygen atoms in total. The third-order valence-electron chi connectivity index (χ3n) is 7.17. The maximum absolute atomic E-state index is 13.6. The smallest absolute Gasteiger partial charge is 0.416 e. The van der Waals surface area contributed by atoms with Crippen LogP contribution in [-0.2, 0) is 17.5 Å². The van der Waals surface area contributed by atoms with Gasteiger partial charge in [0, 0.05) is 59.4 Å². The third kappa shape index (κ3) is 6.86. The summed E-state index contributed by atoms with van der Waals surface area (Å²) in [7, 11) is 0. The Morgan fingerprint density at radius 3 is 2.27 bits per heavy atom. The number of likely N-dealkylation sites (tertiary alicyclic amines) is 1. The van der Waals surface area contributed by atoms with Crippen molar-refractivity contribution in [2.24, 2.45) is 0 Å². The van der Waals surface area contributed by atoms with Gasteiger partial charge in [0.25, 0.3) is 0 Å². The van der Waals surface area contributed by atoms with Gasteiger partial charge in [0.05, 0.1) is 17.9 Å². The van der Waals surface area contributed by atoms with Crippen LogP contribution in [0, 0.1) is 0 Å². The highest BCUT2D eigenvalue weighted by molar-refractivity contribution is 6.30. The highest BCUT2D eigenvalue weighted by Gasteiger charge is 2.41. The average molecular weight is 579 g/mol. The lowest BCUT2D eigenvalue weighted by molar-refractivity contribution is -0.137. The van der Waals surface area contributed by atoms with Crippen molar-refractivity contribution in [3.8, 4) is 11.1 Å². The number of rotatable bonds is 8. The number of nitrogens with zero attached hydrogens (tertiary/aromatic N) is 5. The van der Waals surface area contributed by atoms with Crippen LogP contribution in [0.15, 0.2) is 43.0 Å². The van der Waals surface area contributed by atoms with Gasteiger partial charge in [0.15, 0.2) is 0 Å². The van der Waals surface area contributed by atoms with Crippen LogP contribution in [0.2, 0.25) is 5.02 Å². The molecule has 4 rings (SSSR count). The second-order valence-electron chi connectivity index (χ2n) is 10.3. The van der Waals surface area contributed by atoms with Gasteiger partial charge in [-0.25, -0.2) is 14.8 Å². The molecule has 3 heterocycles. The standard InChI is InChI=1S/C28H34ClF3N6O2/c1-5-23-10-25(11-24(6-2)38(23)27(39)40-17(3)4)37(16-18-7-21(28(30,31)32)9-22(29)8-18)26-33-12-19(13-34-26)20-14-35-36-15-20/h7-9,12-15,17,23-25H,5-6,10-11,16H2,1-4H3,(H,35,36)/t23-,24+,25+. The van der Waals surface area contributed by atoms with Crippen molar-refractivity contribution in [1.82, 2.24) is 25.1 Å². The Morgan fingerprint density at radius 1 is 1.10 bits per heavy atom. The summed E-state index contributed by atoms with van der Waals surface area (Å²) in [5, 5.41) is 6.72. The van der Waals surface area contributed by atoms with Crippen molar-refractivity contribution < 1.29 is 22.7 Å². The Bertz CT molecular complexity index is 1260. The molecule has 0 radical (unpaired) electrons.